The lowest BCUT2D eigenvalue weighted by Gasteiger charge is -2.19. The van der Waals surface area contributed by atoms with E-state index in [1.807, 2.05) is 0 Å². The minimum Gasteiger partial charge on any atom is -0.377 e. The molecule has 0 spiro atoms. The zero-order chi connectivity index (χ0) is 3.70. The number of hydrogen-bond acceptors (Lipinski definition) is 2. The highest BCUT2D eigenvalue weighted by Crippen LogP contribution is 2.01. The average molecular weight is 72.1 g/mol. The van der Waals surface area contributed by atoms with Gasteiger partial charge in [0.1, 0.15) is 0 Å². The van der Waals surface area contributed by atoms with E-state index in [1.165, 1.54) is 0 Å². The van der Waals surface area contributed by atoms with Gasteiger partial charge in [0.05, 0.1) is 19.3 Å². The van der Waals surface area contributed by atoms with Gasteiger partial charge in [0.15, 0.2) is 0 Å². The molecule has 0 saturated carbocycles. The van der Waals surface area contributed by atoms with Crippen LogP contribution in [0.4, 0.5) is 0 Å². The van der Waals surface area contributed by atoms with E-state index in [-0.39, 0.29) is 0 Å². The Morgan fingerprint density at radius 2 is 2.00 bits per heavy atom. The molecule has 2 heteroatoms. The standard InChI is InChI=1S/C3H6NO/c4-3-1-5-2-3/h1-2,4H2. The predicted molar refractivity (Wildman–Crippen MR) is 18.2 cm³/mol. The molecule has 1 aliphatic rings. The Labute approximate surface area is 30.9 Å². The lowest BCUT2D eigenvalue weighted by Crippen LogP contribution is -2.32. The third-order valence-corrected chi connectivity index (χ3v) is 0.575. The monoisotopic (exact) mass is 72.0 g/mol. The molecule has 2 N–H and O–H groups in total. The van der Waals surface area contributed by atoms with E-state index in [0.29, 0.717) is 13.2 Å². The first kappa shape index (κ1) is 3.12. The fraction of sp³-hybridized carbons (Fsp3) is 0.667. The smallest absolute Gasteiger partial charge is 0.0856 e. The lowest BCUT2D eigenvalue weighted by atomic mass is 10.3. The second-order valence-corrected chi connectivity index (χ2v) is 1.15. The topological polar surface area (TPSA) is 35.2 Å². The number of rotatable bonds is 0. The largest absolute Gasteiger partial charge is 0.377 e. The Balaban J connectivity index is 2.08. The second-order valence-electron chi connectivity index (χ2n) is 1.15. The van der Waals surface area contributed by atoms with Gasteiger partial charge >= 0.3 is 0 Å². The quantitative estimate of drug-likeness (QED) is 0.419. The Morgan fingerprint density at radius 3 is 2.00 bits per heavy atom. The maximum Gasteiger partial charge on any atom is 0.0856 e. The molecule has 5 heavy (non-hydrogen) atoms. The summed E-state index contributed by atoms with van der Waals surface area (Å²) in [4.78, 5) is 0. The van der Waals surface area contributed by atoms with Gasteiger partial charge in [0.2, 0.25) is 0 Å². The van der Waals surface area contributed by atoms with Crippen LogP contribution in [0.3, 0.4) is 0 Å². The van der Waals surface area contributed by atoms with Crippen LogP contribution in [-0.4, -0.2) is 13.2 Å². The zero-order valence-electron chi connectivity index (χ0n) is 2.90. The molecule has 1 radical (unpaired) electrons. The minimum atomic E-state index is 0.681. The van der Waals surface area contributed by atoms with Crippen LogP contribution in [0.1, 0.15) is 0 Å². The summed E-state index contributed by atoms with van der Waals surface area (Å²) >= 11 is 0. The molecule has 0 aromatic carbocycles. The van der Waals surface area contributed by atoms with Gasteiger partial charge in [-0.15, -0.1) is 0 Å². The van der Waals surface area contributed by atoms with E-state index in [1.54, 1.807) is 0 Å². The summed E-state index contributed by atoms with van der Waals surface area (Å²) in [6.45, 7) is 1.36. The molecule has 0 bridgehead atoms. The number of nitrogens with two attached hydrogens (primary N) is 1. The Hall–Kier alpha value is -0.0800. The number of ether oxygens (including phenoxy) is 1. The second kappa shape index (κ2) is 0.954. The van der Waals surface area contributed by atoms with Gasteiger partial charge in [0, 0.05) is 0 Å². The molecule has 1 fully saturated rings. The van der Waals surface area contributed by atoms with Crippen LogP contribution in [0, 0.1) is 6.04 Å². The van der Waals surface area contributed by atoms with Crippen molar-refractivity contribution in [1.82, 2.24) is 0 Å². The summed E-state index contributed by atoms with van der Waals surface area (Å²) in [6, 6.07) is 0.963. The fourth-order valence-electron chi connectivity index (χ4n) is 0.220. The van der Waals surface area contributed by atoms with Crippen LogP contribution in [0.15, 0.2) is 0 Å². The average Bonchev–Trinajstić information content (AvgIpc) is 1.30. The third-order valence-electron chi connectivity index (χ3n) is 0.575. The molecular formula is C3H6NO. The molecule has 1 heterocycles. The van der Waals surface area contributed by atoms with Crippen LogP contribution in [0.5, 0.6) is 0 Å². The molecule has 0 aromatic rings. The molecule has 0 aliphatic carbocycles. The molecule has 0 aromatic heterocycles. The summed E-state index contributed by atoms with van der Waals surface area (Å²) in [5, 5.41) is 0. The van der Waals surface area contributed by atoms with Crippen LogP contribution in [0.25, 0.3) is 0 Å². The van der Waals surface area contributed by atoms with Gasteiger partial charge < -0.3 is 10.5 Å². The zero-order valence-corrected chi connectivity index (χ0v) is 2.90. The molecule has 1 saturated heterocycles. The van der Waals surface area contributed by atoms with E-state index in [2.05, 4.69) is 4.74 Å². The number of hydrogen-bond donors (Lipinski definition) is 1. The Bertz CT molecular complexity index is 33.9. The first-order valence-electron chi connectivity index (χ1n) is 1.57. The van der Waals surface area contributed by atoms with Gasteiger partial charge in [-0.25, -0.2) is 0 Å². The molecular weight excluding hydrogens is 66.0 g/mol. The summed E-state index contributed by atoms with van der Waals surface area (Å²) in [5.41, 5.74) is 5.17. The molecule has 0 atom stereocenters. The van der Waals surface area contributed by atoms with Crippen LogP contribution in [0.2, 0.25) is 0 Å². The van der Waals surface area contributed by atoms with Gasteiger partial charge in [-0.3, -0.25) is 0 Å². The van der Waals surface area contributed by atoms with Crippen molar-refractivity contribution >= 4 is 0 Å². The van der Waals surface area contributed by atoms with Gasteiger partial charge in [-0.1, -0.05) is 0 Å². The van der Waals surface area contributed by atoms with Gasteiger partial charge in [-0.05, 0) is 0 Å². The van der Waals surface area contributed by atoms with Crippen molar-refractivity contribution in [3.8, 4) is 0 Å². The maximum absolute atomic E-state index is 5.17. The summed E-state index contributed by atoms with van der Waals surface area (Å²) in [5.74, 6) is 0. The first-order chi connectivity index (χ1) is 2.39. The first-order valence-corrected chi connectivity index (χ1v) is 1.57. The predicted octanol–water partition coefficient (Wildman–Crippen LogP) is -0.493. The maximum atomic E-state index is 5.17. The fourth-order valence-corrected chi connectivity index (χ4v) is 0.220. The van der Waals surface area contributed by atoms with Crippen LogP contribution < -0.4 is 5.73 Å². The summed E-state index contributed by atoms with van der Waals surface area (Å²) in [6.07, 6.45) is 0. The van der Waals surface area contributed by atoms with E-state index < -0.39 is 0 Å². The van der Waals surface area contributed by atoms with Gasteiger partial charge in [0.25, 0.3) is 0 Å². The Morgan fingerprint density at radius 1 is 1.60 bits per heavy atom. The van der Waals surface area contributed by atoms with Crippen molar-refractivity contribution in [2.45, 2.75) is 0 Å². The van der Waals surface area contributed by atoms with E-state index in [9.17, 15) is 0 Å². The van der Waals surface area contributed by atoms with E-state index >= 15 is 0 Å². The highest BCUT2D eigenvalue weighted by Gasteiger charge is 2.11. The molecule has 2 nitrogen and oxygen atoms in total. The summed E-state index contributed by atoms with van der Waals surface area (Å²) < 4.78 is 4.67. The van der Waals surface area contributed by atoms with Crippen molar-refractivity contribution in [2.24, 2.45) is 5.73 Å². The molecule has 1 rings (SSSR count). The van der Waals surface area contributed by atoms with Crippen molar-refractivity contribution in [3.05, 3.63) is 6.04 Å². The van der Waals surface area contributed by atoms with Crippen LogP contribution >= 0.6 is 0 Å². The summed E-state index contributed by atoms with van der Waals surface area (Å²) in [7, 11) is 0. The van der Waals surface area contributed by atoms with Gasteiger partial charge in [-0.2, -0.15) is 0 Å². The SMILES string of the molecule is N[C]1COC1. The molecule has 29 valence electrons. The molecule has 0 unspecified atom stereocenters. The van der Waals surface area contributed by atoms with Crippen molar-refractivity contribution < 1.29 is 4.74 Å². The van der Waals surface area contributed by atoms with E-state index in [0.717, 1.165) is 6.04 Å². The van der Waals surface area contributed by atoms with Crippen molar-refractivity contribution in [2.75, 3.05) is 13.2 Å². The highest BCUT2D eigenvalue weighted by molar-refractivity contribution is 4.88. The minimum absolute atomic E-state index is 0.681. The highest BCUT2D eigenvalue weighted by atomic mass is 16.5. The lowest BCUT2D eigenvalue weighted by molar-refractivity contribution is 0.0635. The van der Waals surface area contributed by atoms with Crippen LogP contribution in [-0.2, 0) is 4.74 Å². The third kappa shape index (κ3) is 0.412. The Kier molecular flexibility index (Phi) is 0.596. The molecule has 0 amide bonds. The van der Waals surface area contributed by atoms with Crippen molar-refractivity contribution in [1.29, 1.82) is 0 Å². The van der Waals surface area contributed by atoms with Crippen molar-refractivity contribution in [3.63, 3.8) is 0 Å². The normalized spacial score (nSPS) is 25.8. The molecule has 1 aliphatic heterocycles. The van der Waals surface area contributed by atoms with E-state index in [4.69, 9.17) is 5.73 Å².